The Morgan fingerprint density at radius 3 is 1.38 bits per heavy atom. The van der Waals surface area contributed by atoms with Crippen LogP contribution in [0.2, 0.25) is 0 Å². The van der Waals surface area contributed by atoms with Crippen molar-refractivity contribution in [3.8, 4) is 11.4 Å². The summed E-state index contributed by atoms with van der Waals surface area (Å²) >= 11 is 0. The molecule has 130 valence electrons. The maximum Gasteiger partial charge on any atom is 0.274 e. The Labute approximate surface area is 149 Å². The molecule has 0 atom stereocenters. The van der Waals surface area contributed by atoms with E-state index in [1.54, 1.807) is 12.4 Å². The zero-order chi connectivity index (χ0) is 17.9. The molecule has 2 aromatic heterocycles. The van der Waals surface area contributed by atoms with Crippen LogP contribution in [0.5, 0.6) is 0 Å². The molecule has 0 fully saturated rings. The summed E-state index contributed by atoms with van der Waals surface area (Å²) in [7, 11) is 0. The third-order valence-corrected chi connectivity index (χ3v) is 4.38. The molecule has 0 spiro atoms. The Morgan fingerprint density at radius 1 is 0.615 bits per heavy atom. The van der Waals surface area contributed by atoms with Crippen LogP contribution in [0.3, 0.4) is 0 Å². The third-order valence-electron chi connectivity index (χ3n) is 4.38. The highest BCUT2D eigenvalue weighted by atomic mass is 16.1. The lowest BCUT2D eigenvalue weighted by Gasteiger charge is -2.00. The molecule has 2 N–H and O–H groups in total. The van der Waals surface area contributed by atoms with Gasteiger partial charge >= 0.3 is 0 Å². The molecule has 0 aliphatic carbocycles. The van der Waals surface area contributed by atoms with Crippen molar-refractivity contribution in [1.29, 1.82) is 0 Å². The normalized spacial score (nSPS) is 10.9. The third kappa shape index (κ3) is 2.93. The molecule has 4 rings (SSSR count). The van der Waals surface area contributed by atoms with Gasteiger partial charge in [0.05, 0.1) is 11.4 Å². The molecule has 0 amide bonds. The van der Waals surface area contributed by atoms with Gasteiger partial charge in [0.15, 0.2) is 0 Å². The Bertz CT molecular complexity index is 1030. The van der Waals surface area contributed by atoms with Crippen molar-refractivity contribution in [3.05, 3.63) is 105 Å². The van der Waals surface area contributed by atoms with E-state index in [2.05, 4.69) is 10.2 Å². The van der Waals surface area contributed by atoms with Gasteiger partial charge in [-0.1, -0.05) is 36.4 Å². The number of aryl methyl sites for hydroxylation is 2. The number of benzene rings is 2. The SMILES string of the molecule is O=c1c(CCc2c[nH]n(-c3ccccc3)c2=O)c[nH]n1-c1ccccc1. The largest absolute Gasteiger partial charge is 0.298 e. The second-order valence-electron chi connectivity index (χ2n) is 6.05. The first-order valence-electron chi connectivity index (χ1n) is 8.43. The number of H-pyrrole nitrogens is 2. The highest BCUT2D eigenvalue weighted by molar-refractivity contribution is 5.32. The molecule has 0 aliphatic heterocycles. The van der Waals surface area contributed by atoms with Crippen LogP contribution in [0.1, 0.15) is 11.1 Å². The lowest BCUT2D eigenvalue weighted by molar-refractivity contribution is 0.838. The fraction of sp³-hybridized carbons (Fsp3) is 0.100. The summed E-state index contributed by atoms with van der Waals surface area (Å²) in [5, 5.41) is 5.97. The maximum absolute atomic E-state index is 12.5. The molecule has 6 heteroatoms. The lowest BCUT2D eigenvalue weighted by atomic mass is 10.1. The predicted octanol–water partition coefficient (Wildman–Crippen LogP) is 2.43. The summed E-state index contributed by atoms with van der Waals surface area (Å²) in [4.78, 5) is 25.1. The van der Waals surface area contributed by atoms with Crippen LogP contribution in [0.4, 0.5) is 0 Å². The number of aromatic nitrogens is 4. The number of para-hydroxylation sites is 2. The van der Waals surface area contributed by atoms with Gasteiger partial charge in [0.25, 0.3) is 11.1 Å². The molecule has 0 radical (unpaired) electrons. The molecule has 0 saturated heterocycles. The van der Waals surface area contributed by atoms with Gasteiger partial charge < -0.3 is 0 Å². The number of aromatic amines is 2. The van der Waals surface area contributed by atoms with E-state index in [9.17, 15) is 9.59 Å². The highest BCUT2D eigenvalue weighted by Crippen LogP contribution is 2.07. The van der Waals surface area contributed by atoms with E-state index in [0.29, 0.717) is 24.0 Å². The van der Waals surface area contributed by atoms with Crippen LogP contribution in [-0.4, -0.2) is 19.6 Å². The van der Waals surface area contributed by atoms with Crippen molar-refractivity contribution < 1.29 is 0 Å². The minimum atomic E-state index is -0.0879. The van der Waals surface area contributed by atoms with Crippen molar-refractivity contribution in [3.63, 3.8) is 0 Å². The minimum absolute atomic E-state index is 0.0879. The summed E-state index contributed by atoms with van der Waals surface area (Å²) in [5.74, 6) is 0. The quantitative estimate of drug-likeness (QED) is 0.582. The van der Waals surface area contributed by atoms with Crippen molar-refractivity contribution in [2.45, 2.75) is 12.8 Å². The Hall–Kier alpha value is -3.54. The van der Waals surface area contributed by atoms with Gasteiger partial charge in [-0.3, -0.25) is 19.8 Å². The van der Waals surface area contributed by atoms with Crippen molar-refractivity contribution in [2.75, 3.05) is 0 Å². The summed E-state index contributed by atoms with van der Waals surface area (Å²) in [6, 6.07) is 18.8. The van der Waals surface area contributed by atoms with E-state index >= 15 is 0 Å². The smallest absolute Gasteiger partial charge is 0.274 e. The van der Waals surface area contributed by atoms with E-state index in [0.717, 1.165) is 11.4 Å². The molecule has 0 bridgehead atoms. The van der Waals surface area contributed by atoms with Crippen LogP contribution in [0.15, 0.2) is 82.6 Å². The molecular weight excluding hydrogens is 328 g/mol. The van der Waals surface area contributed by atoms with Gasteiger partial charge in [-0.2, -0.15) is 0 Å². The molecule has 2 heterocycles. The van der Waals surface area contributed by atoms with E-state index in [1.807, 2.05) is 60.7 Å². The molecule has 26 heavy (non-hydrogen) atoms. The summed E-state index contributed by atoms with van der Waals surface area (Å²) in [5.41, 5.74) is 2.71. The van der Waals surface area contributed by atoms with E-state index in [1.165, 1.54) is 9.36 Å². The molecule has 6 nitrogen and oxygen atoms in total. The molecule has 0 unspecified atom stereocenters. The van der Waals surface area contributed by atoms with Crippen LogP contribution in [-0.2, 0) is 12.8 Å². The Balaban J connectivity index is 1.54. The van der Waals surface area contributed by atoms with Crippen LogP contribution in [0.25, 0.3) is 11.4 Å². The van der Waals surface area contributed by atoms with Gasteiger partial charge in [-0.05, 0) is 37.1 Å². The zero-order valence-electron chi connectivity index (χ0n) is 14.1. The van der Waals surface area contributed by atoms with Crippen molar-refractivity contribution >= 4 is 0 Å². The van der Waals surface area contributed by atoms with Gasteiger partial charge in [-0.25, -0.2) is 9.36 Å². The summed E-state index contributed by atoms with van der Waals surface area (Å²) in [6.45, 7) is 0. The van der Waals surface area contributed by atoms with Gasteiger partial charge in [0, 0.05) is 23.5 Å². The first-order chi connectivity index (χ1) is 12.7. The molecule has 2 aromatic carbocycles. The highest BCUT2D eigenvalue weighted by Gasteiger charge is 2.11. The standard InChI is InChI=1S/C20H18N4O2/c25-19-15(13-21-23(19)17-7-3-1-4-8-17)11-12-16-14-22-24(20(16)26)18-9-5-2-6-10-18/h1-10,13-14,21-22H,11-12H2. The van der Waals surface area contributed by atoms with Crippen LogP contribution < -0.4 is 11.1 Å². The average Bonchev–Trinajstić information content (AvgIpc) is 3.24. The van der Waals surface area contributed by atoms with Crippen LogP contribution >= 0.6 is 0 Å². The van der Waals surface area contributed by atoms with E-state index < -0.39 is 0 Å². The first-order valence-corrected chi connectivity index (χ1v) is 8.43. The van der Waals surface area contributed by atoms with Gasteiger partial charge in [0.1, 0.15) is 0 Å². The number of nitrogens with zero attached hydrogens (tertiary/aromatic N) is 2. The summed E-state index contributed by atoms with van der Waals surface area (Å²) in [6.07, 6.45) is 4.41. The maximum atomic E-state index is 12.5. The van der Waals surface area contributed by atoms with Crippen LogP contribution in [0, 0.1) is 0 Å². The second-order valence-corrected chi connectivity index (χ2v) is 6.05. The van der Waals surface area contributed by atoms with E-state index in [-0.39, 0.29) is 11.1 Å². The Kier molecular flexibility index (Phi) is 4.15. The van der Waals surface area contributed by atoms with E-state index in [4.69, 9.17) is 0 Å². The number of hydrogen-bond donors (Lipinski definition) is 2. The number of rotatable bonds is 5. The van der Waals surface area contributed by atoms with Crippen molar-refractivity contribution in [2.24, 2.45) is 0 Å². The monoisotopic (exact) mass is 346 g/mol. The van der Waals surface area contributed by atoms with Gasteiger partial charge in [0.2, 0.25) is 0 Å². The predicted molar refractivity (Wildman–Crippen MR) is 100 cm³/mol. The fourth-order valence-corrected chi connectivity index (χ4v) is 2.98. The first kappa shape index (κ1) is 16.0. The average molecular weight is 346 g/mol. The fourth-order valence-electron chi connectivity index (χ4n) is 2.98. The summed E-state index contributed by atoms with van der Waals surface area (Å²) < 4.78 is 3.02. The molecule has 0 aliphatic rings. The zero-order valence-corrected chi connectivity index (χ0v) is 14.1. The Morgan fingerprint density at radius 2 is 1.00 bits per heavy atom. The minimum Gasteiger partial charge on any atom is -0.298 e. The molecule has 0 saturated carbocycles. The molecular formula is C20H18N4O2. The number of nitrogens with one attached hydrogen (secondary N) is 2. The van der Waals surface area contributed by atoms with Gasteiger partial charge in [-0.15, -0.1) is 0 Å². The molecule has 4 aromatic rings. The van der Waals surface area contributed by atoms with Crippen molar-refractivity contribution in [1.82, 2.24) is 19.6 Å². The lowest BCUT2D eigenvalue weighted by Crippen LogP contribution is -2.20. The second kappa shape index (κ2) is 6.76. The topological polar surface area (TPSA) is 75.6 Å². The number of hydrogen-bond acceptors (Lipinski definition) is 2.